The zero-order valence-electron chi connectivity index (χ0n) is 17.3. The van der Waals surface area contributed by atoms with E-state index < -0.39 is 5.54 Å². The quantitative estimate of drug-likeness (QED) is 0.753. The first kappa shape index (κ1) is 20.4. The molecule has 4 heteroatoms. The Hall–Kier alpha value is -1.91. The van der Waals surface area contributed by atoms with Crippen molar-refractivity contribution in [1.82, 2.24) is 0 Å². The lowest BCUT2D eigenvalue weighted by atomic mass is 9.79. The molecule has 2 aromatic carbocycles. The van der Waals surface area contributed by atoms with Gasteiger partial charge in [0.25, 0.3) is 0 Å². The Morgan fingerprint density at radius 3 is 2.83 bits per heavy atom. The summed E-state index contributed by atoms with van der Waals surface area (Å²) in [6, 6.07) is 12.3. The molecule has 2 aliphatic rings. The summed E-state index contributed by atoms with van der Waals surface area (Å²) in [6.07, 6.45) is 7.90. The van der Waals surface area contributed by atoms with Gasteiger partial charge in [0, 0.05) is 5.54 Å². The molecule has 3 atom stereocenters. The molecule has 0 heterocycles. The molecule has 0 aliphatic heterocycles. The van der Waals surface area contributed by atoms with Crippen LogP contribution in [0.5, 0.6) is 5.75 Å². The summed E-state index contributed by atoms with van der Waals surface area (Å²) in [5.41, 5.74) is 10.9. The summed E-state index contributed by atoms with van der Waals surface area (Å²) in [5.74, 6) is 1.17. The highest BCUT2D eigenvalue weighted by atomic mass is 19.1. The molecule has 0 saturated heterocycles. The van der Waals surface area contributed by atoms with Crippen LogP contribution in [-0.4, -0.2) is 24.4 Å². The van der Waals surface area contributed by atoms with Gasteiger partial charge >= 0.3 is 0 Å². The Labute approximate surface area is 173 Å². The minimum Gasteiger partial charge on any atom is -0.494 e. The monoisotopic (exact) mass is 397 g/mol. The number of rotatable bonds is 6. The number of fused-ring (bicyclic) bond motifs is 1. The van der Waals surface area contributed by atoms with Gasteiger partial charge in [0.05, 0.1) is 13.7 Å². The first-order valence-corrected chi connectivity index (χ1v) is 10.8. The first-order valence-electron chi connectivity index (χ1n) is 10.8. The van der Waals surface area contributed by atoms with Gasteiger partial charge in [-0.3, -0.25) is 0 Å². The maximum Gasteiger partial charge on any atom is 0.168 e. The molecule has 4 rings (SSSR count). The van der Waals surface area contributed by atoms with Crippen LogP contribution in [0.2, 0.25) is 0 Å². The molecule has 1 saturated carbocycles. The topological polar surface area (TPSA) is 55.5 Å². The molecule has 0 amide bonds. The van der Waals surface area contributed by atoms with Crippen molar-refractivity contribution in [1.29, 1.82) is 0 Å². The summed E-state index contributed by atoms with van der Waals surface area (Å²) in [5, 5.41) is 9.54. The van der Waals surface area contributed by atoms with Crippen molar-refractivity contribution in [2.75, 3.05) is 13.7 Å². The average molecular weight is 398 g/mol. The highest BCUT2D eigenvalue weighted by Gasteiger charge is 2.36. The van der Waals surface area contributed by atoms with Crippen molar-refractivity contribution in [3.8, 4) is 5.75 Å². The van der Waals surface area contributed by atoms with Gasteiger partial charge in [-0.1, -0.05) is 30.3 Å². The van der Waals surface area contributed by atoms with E-state index in [1.54, 1.807) is 6.07 Å². The molecule has 0 spiro atoms. The molecule has 3 nitrogen and oxygen atoms in total. The number of hydrogen-bond donors (Lipinski definition) is 2. The van der Waals surface area contributed by atoms with Gasteiger partial charge in [0.2, 0.25) is 0 Å². The molecule has 0 radical (unpaired) electrons. The maximum atomic E-state index is 14.4. The summed E-state index contributed by atoms with van der Waals surface area (Å²) in [7, 11) is 1.51. The predicted molar refractivity (Wildman–Crippen MR) is 114 cm³/mol. The Kier molecular flexibility index (Phi) is 5.93. The lowest BCUT2D eigenvalue weighted by molar-refractivity contribution is 0.198. The van der Waals surface area contributed by atoms with Gasteiger partial charge in [-0.2, -0.15) is 0 Å². The fourth-order valence-electron chi connectivity index (χ4n) is 5.20. The molecule has 0 bridgehead atoms. The van der Waals surface area contributed by atoms with E-state index in [-0.39, 0.29) is 12.4 Å². The van der Waals surface area contributed by atoms with Gasteiger partial charge in [0.15, 0.2) is 11.6 Å². The number of hydrogen-bond acceptors (Lipinski definition) is 3. The van der Waals surface area contributed by atoms with Crippen LogP contribution in [0.25, 0.3) is 0 Å². The van der Waals surface area contributed by atoms with Gasteiger partial charge in [-0.05, 0) is 91.5 Å². The predicted octanol–water partition coefficient (Wildman–Crippen LogP) is 4.53. The van der Waals surface area contributed by atoms with Gasteiger partial charge in [-0.15, -0.1) is 0 Å². The smallest absolute Gasteiger partial charge is 0.168 e. The largest absolute Gasteiger partial charge is 0.494 e. The SMILES string of the molecule is COc1cccc(CCC2CCc3cc([C@H]4CC[C@](N)(CO)C4)ccc3C2)c1F. The van der Waals surface area contributed by atoms with E-state index in [1.807, 2.05) is 12.1 Å². The van der Waals surface area contributed by atoms with Crippen molar-refractivity contribution in [3.63, 3.8) is 0 Å². The molecular formula is C25H32FNO2. The lowest BCUT2D eigenvalue weighted by Crippen LogP contribution is -2.40. The number of halogens is 1. The van der Waals surface area contributed by atoms with Crippen LogP contribution in [0, 0.1) is 11.7 Å². The minimum absolute atomic E-state index is 0.0734. The number of aliphatic hydroxyl groups is 1. The van der Waals surface area contributed by atoms with E-state index in [0.717, 1.165) is 56.9 Å². The van der Waals surface area contributed by atoms with Crippen molar-refractivity contribution < 1.29 is 14.2 Å². The van der Waals surface area contributed by atoms with E-state index in [9.17, 15) is 9.50 Å². The summed E-state index contributed by atoms with van der Waals surface area (Å²) < 4.78 is 19.5. The normalized spacial score (nSPS) is 26.3. The Bertz CT molecular complexity index is 868. The number of aliphatic hydroxyl groups excluding tert-OH is 1. The Morgan fingerprint density at radius 2 is 2.07 bits per heavy atom. The molecule has 1 fully saturated rings. The Balaban J connectivity index is 1.38. The first-order chi connectivity index (χ1) is 14.0. The fourth-order valence-corrected chi connectivity index (χ4v) is 5.20. The summed E-state index contributed by atoms with van der Waals surface area (Å²) in [4.78, 5) is 0. The third kappa shape index (κ3) is 4.34. The number of benzene rings is 2. The number of methoxy groups -OCH3 is 1. The van der Waals surface area contributed by atoms with Gasteiger partial charge in [-0.25, -0.2) is 4.39 Å². The fraction of sp³-hybridized carbons (Fsp3) is 0.520. The van der Waals surface area contributed by atoms with Crippen LogP contribution in [0.15, 0.2) is 36.4 Å². The number of aryl methyl sites for hydroxylation is 2. The van der Waals surface area contributed by atoms with Gasteiger partial charge in [0.1, 0.15) is 0 Å². The zero-order chi connectivity index (χ0) is 20.4. The van der Waals surface area contributed by atoms with Crippen molar-refractivity contribution in [2.24, 2.45) is 11.7 Å². The molecule has 29 heavy (non-hydrogen) atoms. The van der Waals surface area contributed by atoms with Crippen LogP contribution in [0.1, 0.15) is 60.3 Å². The molecule has 156 valence electrons. The Morgan fingerprint density at radius 1 is 1.21 bits per heavy atom. The second-order valence-electron chi connectivity index (χ2n) is 9.07. The van der Waals surface area contributed by atoms with Crippen LogP contribution in [0.3, 0.4) is 0 Å². The van der Waals surface area contributed by atoms with Crippen LogP contribution in [0.4, 0.5) is 4.39 Å². The highest BCUT2D eigenvalue weighted by molar-refractivity contribution is 5.37. The molecular weight excluding hydrogens is 365 g/mol. The summed E-state index contributed by atoms with van der Waals surface area (Å²) >= 11 is 0. The standard InChI is InChI=1S/C25H32FNO2/c1-29-23-4-2-3-18(24(23)26)7-5-17-6-8-20-14-21(10-9-19(20)13-17)22-11-12-25(27,15-22)16-28/h2-4,9-10,14,17,22,28H,5-8,11-13,15-16,27H2,1H3/t17?,22-,25+/m0/s1. The number of ether oxygens (including phenoxy) is 1. The third-order valence-corrected chi connectivity index (χ3v) is 7.08. The van der Waals surface area contributed by atoms with E-state index in [0.29, 0.717) is 17.6 Å². The maximum absolute atomic E-state index is 14.4. The van der Waals surface area contributed by atoms with Crippen molar-refractivity contribution in [3.05, 3.63) is 64.5 Å². The van der Waals surface area contributed by atoms with Crippen LogP contribution in [-0.2, 0) is 19.3 Å². The second-order valence-corrected chi connectivity index (χ2v) is 9.07. The van der Waals surface area contributed by atoms with E-state index in [4.69, 9.17) is 10.5 Å². The van der Waals surface area contributed by atoms with Crippen LogP contribution >= 0.6 is 0 Å². The second kappa shape index (κ2) is 8.45. The molecule has 3 N–H and O–H groups in total. The molecule has 2 aromatic rings. The van der Waals surface area contributed by atoms with E-state index >= 15 is 0 Å². The highest BCUT2D eigenvalue weighted by Crippen LogP contribution is 2.41. The van der Waals surface area contributed by atoms with Crippen molar-refractivity contribution in [2.45, 2.75) is 62.8 Å². The van der Waals surface area contributed by atoms with E-state index in [1.165, 1.54) is 23.8 Å². The molecule has 2 aliphatic carbocycles. The minimum atomic E-state index is -0.402. The molecule has 0 aromatic heterocycles. The molecule has 1 unspecified atom stereocenters. The lowest BCUT2D eigenvalue weighted by Gasteiger charge is -2.26. The van der Waals surface area contributed by atoms with Crippen molar-refractivity contribution >= 4 is 0 Å². The van der Waals surface area contributed by atoms with E-state index in [2.05, 4.69) is 18.2 Å². The van der Waals surface area contributed by atoms with Gasteiger partial charge < -0.3 is 15.6 Å². The zero-order valence-corrected chi connectivity index (χ0v) is 17.3. The number of nitrogens with two attached hydrogens (primary N) is 1. The van der Waals surface area contributed by atoms with Crippen LogP contribution < -0.4 is 10.5 Å². The summed E-state index contributed by atoms with van der Waals surface area (Å²) in [6.45, 7) is 0.0734. The average Bonchev–Trinajstić information content (AvgIpc) is 3.15. The third-order valence-electron chi connectivity index (χ3n) is 7.08.